The molecule has 2 rings (SSSR count). The lowest BCUT2D eigenvalue weighted by Gasteiger charge is -2.11. The first-order chi connectivity index (χ1) is 9.61. The zero-order valence-electron chi connectivity index (χ0n) is 11.2. The molecule has 0 aliphatic heterocycles. The minimum atomic E-state index is -0.357. The summed E-state index contributed by atoms with van der Waals surface area (Å²) in [6, 6.07) is 12.5. The highest BCUT2D eigenvalue weighted by atomic mass is 32.1. The molecular weight excluding hydrogens is 273 g/mol. The van der Waals surface area contributed by atoms with Crippen LogP contribution in [-0.4, -0.2) is 4.99 Å². The van der Waals surface area contributed by atoms with Crippen LogP contribution in [0.1, 0.15) is 23.6 Å². The van der Waals surface area contributed by atoms with E-state index in [1.165, 1.54) is 6.07 Å². The summed E-state index contributed by atoms with van der Waals surface area (Å²) in [5.41, 5.74) is 7.58. The molecule has 0 saturated carbocycles. The van der Waals surface area contributed by atoms with Gasteiger partial charge in [-0.1, -0.05) is 49.5 Å². The van der Waals surface area contributed by atoms with Gasteiger partial charge in [-0.25, -0.2) is 4.39 Å². The molecule has 0 unspecified atom stereocenters. The third-order valence-corrected chi connectivity index (χ3v) is 3.31. The summed E-state index contributed by atoms with van der Waals surface area (Å²) in [6.07, 6.45) is 0.874. The number of nitrogens with two attached hydrogens (primary N) is 1. The standard InChI is InChI=1S/C16H16FNOS/c1-2-11-5-3-4-6-15(11)19-10-13-8-7-12(16(18)20)9-14(13)17/h3-9H,2,10H2,1H3,(H2,18,20). The predicted molar refractivity (Wildman–Crippen MR) is 82.4 cm³/mol. The maximum absolute atomic E-state index is 13.9. The molecule has 2 nitrogen and oxygen atoms in total. The molecule has 2 N–H and O–H groups in total. The molecule has 20 heavy (non-hydrogen) atoms. The SMILES string of the molecule is CCc1ccccc1OCc1ccc(C(N)=S)cc1F. The van der Waals surface area contributed by atoms with Crippen molar-refractivity contribution in [1.82, 2.24) is 0 Å². The number of rotatable bonds is 5. The number of halogens is 1. The molecule has 2 aromatic rings. The van der Waals surface area contributed by atoms with Crippen molar-refractivity contribution in [1.29, 1.82) is 0 Å². The van der Waals surface area contributed by atoms with Crippen LogP contribution in [0, 0.1) is 5.82 Å². The van der Waals surface area contributed by atoms with Gasteiger partial charge in [0.1, 0.15) is 23.2 Å². The zero-order chi connectivity index (χ0) is 14.5. The molecule has 0 saturated heterocycles. The van der Waals surface area contributed by atoms with E-state index in [0.717, 1.165) is 17.7 Å². The van der Waals surface area contributed by atoms with Crippen molar-refractivity contribution in [3.05, 3.63) is 65.0 Å². The molecule has 0 amide bonds. The van der Waals surface area contributed by atoms with Crippen LogP contribution in [0.3, 0.4) is 0 Å². The number of ether oxygens (including phenoxy) is 1. The highest BCUT2D eigenvalue weighted by molar-refractivity contribution is 7.80. The van der Waals surface area contributed by atoms with Gasteiger partial charge in [-0.15, -0.1) is 0 Å². The Balaban J connectivity index is 2.13. The van der Waals surface area contributed by atoms with Gasteiger partial charge in [-0.2, -0.15) is 0 Å². The maximum atomic E-state index is 13.9. The maximum Gasteiger partial charge on any atom is 0.130 e. The smallest absolute Gasteiger partial charge is 0.130 e. The molecule has 0 heterocycles. The van der Waals surface area contributed by atoms with E-state index in [2.05, 4.69) is 6.92 Å². The van der Waals surface area contributed by atoms with Gasteiger partial charge in [0.15, 0.2) is 0 Å². The van der Waals surface area contributed by atoms with E-state index in [0.29, 0.717) is 11.1 Å². The zero-order valence-corrected chi connectivity index (χ0v) is 12.0. The molecule has 0 aromatic heterocycles. The number of hydrogen-bond donors (Lipinski definition) is 1. The van der Waals surface area contributed by atoms with Crippen LogP contribution in [0.5, 0.6) is 5.75 Å². The lowest BCUT2D eigenvalue weighted by Crippen LogP contribution is -2.10. The summed E-state index contributed by atoms with van der Waals surface area (Å²) in [5.74, 6) is 0.428. The first-order valence-electron chi connectivity index (χ1n) is 6.40. The van der Waals surface area contributed by atoms with Crippen molar-refractivity contribution in [3.63, 3.8) is 0 Å². The Morgan fingerprint density at radius 2 is 1.95 bits per heavy atom. The number of para-hydroxylation sites is 1. The van der Waals surface area contributed by atoms with Crippen LogP contribution in [0.2, 0.25) is 0 Å². The van der Waals surface area contributed by atoms with Gasteiger partial charge < -0.3 is 10.5 Å². The Labute approximate surface area is 123 Å². The van der Waals surface area contributed by atoms with E-state index in [1.807, 2.05) is 24.3 Å². The predicted octanol–water partition coefficient (Wildman–Crippen LogP) is 3.60. The number of benzene rings is 2. The van der Waals surface area contributed by atoms with Crippen molar-refractivity contribution in [2.45, 2.75) is 20.0 Å². The van der Waals surface area contributed by atoms with E-state index in [1.54, 1.807) is 12.1 Å². The normalized spacial score (nSPS) is 10.3. The van der Waals surface area contributed by atoms with Crippen molar-refractivity contribution in [2.24, 2.45) is 5.73 Å². The third kappa shape index (κ3) is 3.33. The quantitative estimate of drug-likeness (QED) is 0.854. The van der Waals surface area contributed by atoms with Gasteiger partial charge in [0.05, 0.1) is 0 Å². The molecule has 0 radical (unpaired) electrons. The van der Waals surface area contributed by atoms with Crippen molar-refractivity contribution in [2.75, 3.05) is 0 Å². The summed E-state index contributed by atoms with van der Waals surface area (Å²) < 4.78 is 19.6. The Morgan fingerprint density at radius 1 is 1.20 bits per heavy atom. The fourth-order valence-electron chi connectivity index (χ4n) is 1.91. The van der Waals surface area contributed by atoms with Gasteiger partial charge in [-0.3, -0.25) is 0 Å². The summed E-state index contributed by atoms with van der Waals surface area (Å²) >= 11 is 4.82. The van der Waals surface area contributed by atoms with E-state index in [9.17, 15) is 4.39 Å². The second-order valence-corrected chi connectivity index (χ2v) is 4.86. The molecule has 0 fully saturated rings. The highest BCUT2D eigenvalue weighted by Crippen LogP contribution is 2.20. The average molecular weight is 289 g/mol. The number of hydrogen-bond acceptors (Lipinski definition) is 2. The molecule has 0 atom stereocenters. The second-order valence-electron chi connectivity index (χ2n) is 4.42. The molecule has 0 spiro atoms. The van der Waals surface area contributed by atoms with Crippen LogP contribution >= 0.6 is 12.2 Å². The van der Waals surface area contributed by atoms with Gasteiger partial charge in [0.25, 0.3) is 0 Å². The summed E-state index contributed by atoms with van der Waals surface area (Å²) in [4.78, 5) is 0.188. The number of aryl methyl sites for hydroxylation is 1. The van der Waals surface area contributed by atoms with Crippen LogP contribution in [-0.2, 0) is 13.0 Å². The monoisotopic (exact) mass is 289 g/mol. The molecular formula is C16H16FNOS. The Morgan fingerprint density at radius 3 is 2.60 bits per heavy atom. The Hall–Kier alpha value is -1.94. The van der Waals surface area contributed by atoms with E-state index < -0.39 is 0 Å². The topological polar surface area (TPSA) is 35.2 Å². The van der Waals surface area contributed by atoms with Gasteiger partial charge in [0.2, 0.25) is 0 Å². The fraction of sp³-hybridized carbons (Fsp3) is 0.188. The fourth-order valence-corrected chi connectivity index (χ4v) is 2.04. The summed E-state index contributed by atoms with van der Waals surface area (Å²) in [7, 11) is 0. The molecule has 0 bridgehead atoms. The second kappa shape index (κ2) is 6.48. The first kappa shape index (κ1) is 14.5. The molecule has 104 valence electrons. The van der Waals surface area contributed by atoms with Crippen LogP contribution in [0.4, 0.5) is 4.39 Å². The van der Waals surface area contributed by atoms with E-state index in [-0.39, 0.29) is 17.4 Å². The van der Waals surface area contributed by atoms with E-state index in [4.69, 9.17) is 22.7 Å². The molecule has 0 aliphatic rings. The Bertz CT molecular complexity index is 628. The van der Waals surface area contributed by atoms with Gasteiger partial charge in [0, 0.05) is 11.1 Å². The summed E-state index contributed by atoms with van der Waals surface area (Å²) in [6.45, 7) is 2.24. The van der Waals surface area contributed by atoms with Gasteiger partial charge in [-0.05, 0) is 24.1 Å². The minimum absolute atomic E-state index is 0.181. The van der Waals surface area contributed by atoms with Gasteiger partial charge >= 0.3 is 0 Å². The lowest BCUT2D eigenvalue weighted by atomic mass is 10.1. The molecule has 0 aliphatic carbocycles. The summed E-state index contributed by atoms with van der Waals surface area (Å²) in [5, 5.41) is 0. The largest absolute Gasteiger partial charge is 0.489 e. The van der Waals surface area contributed by atoms with Crippen molar-refractivity contribution in [3.8, 4) is 5.75 Å². The third-order valence-electron chi connectivity index (χ3n) is 3.07. The molecule has 2 aromatic carbocycles. The lowest BCUT2D eigenvalue weighted by molar-refractivity contribution is 0.297. The van der Waals surface area contributed by atoms with E-state index >= 15 is 0 Å². The van der Waals surface area contributed by atoms with Crippen molar-refractivity contribution < 1.29 is 9.13 Å². The molecule has 4 heteroatoms. The average Bonchev–Trinajstić information content (AvgIpc) is 2.46. The highest BCUT2D eigenvalue weighted by Gasteiger charge is 2.07. The van der Waals surface area contributed by atoms with Crippen LogP contribution < -0.4 is 10.5 Å². The minimum Gasteiger partial charge on any atom is -0.489 e. The van der Waals surface area contributed by atoms with Crippen LogP contribution in [0.25, 0.3) is 0 Å². The van der Waals surface area contributed by atoms with Crippen LogP contribution in [0.15, 0.2) is 42.5 Å². The Kier molecular flexibility index (Phi) is 4.69. The number of thiocarbonyl (C=S) groups is 1. The van der Waals surface area contributed by atoms with Crippen molar-refractivity contribution >= 4 is 17.2 Å². The first-order valence-corrected chi connectivity index (χ1v) is 6.81.